The second-order valence-corrected chi connectivity index (χ2v) is 20.3. The minimum absolute atomic E-state index is 0.0812. The van der Waals surface area contributed by atoms with Crippen LogP contribution in [0.15, 0.2) is 0 Å². The van der Waals surface area contributed by atoms with Gasteiger partial charge >= 0.3 is 0 Å². The lowest BCUT2D eigenvalue weighted by molar-refractivity contribution is -0.390. The Labute approximate surface area is 311 Å². The molecule has 1 amide bonds. The average molecular weight is 727 g/mol. The number of nitrogens with one attached hydrogen (secondary N) is 2. The van der Waals surface area contributed by atoms with Crippen molar-refractivity contribution in [3.05, 3.63) is 0 Å². The van der Waals surface area contributed by atoms with E-state index in [1.807, 2.05) is 7.05 Å². The molecule has 0 aromatic rings. The molecule has 292 valence electrons. The molecule has 52 heavy (non-hydrogen) atoms. The molecule has 12 aliphatic rings. The van der Waals surface area contributed by atoms with E-state index in [9.17, 15) is 9.59 Å². The van der Waals surface area contributed by atoms with Crippen LogP contribution < -0.4 is 10.6 Å². The predicted octanol–water partition coefficient (Wildman–Crippen LogP) is 7.49. The minimum atomic E-state index is -0.573. The van der Waals surface area contributed by atoms with Gasteiger partial charge in [-0.05, 0) is 153 Å². The van der Waals surface area contributed by atoms with E-state index in [1.54, 1.807) is 6.92 Å². The molecule has 10 heteroatoms. The first-order valence-corrected chi connectivity index (χ1v) is 21.5. The van der Waals surface area contributed by atoms with Gasteiger partial charge in [0.05, 0.1) is 0 Å². The molecular weight excluding hydrogens is 660 g/mol. The predicted molar refractivity (Wildman–Crippen MR) is 192 cm³/mol. The van der Waals surface area contributed by atoms with Crippen molar-refractivity contribution >= 4 is 11.7 Å². The third-order valence-electron chi connectivity index (χ3n) is 16.1. The van der Waals surface area contributed by atoms with Gasteiger partial charge in [0.1, 0.15) is 5.78 Å². The molecule has 0 radical (unpaired) electrons. The van der Waals surface area contributed by atoms with Crippen molar-refractivity contribution in [1.82, 2.24) is 10.6 Å². The highest BCUT2D eigenvalue weighted by molar-refractivity contribution is 5.76. The molecule has 2 aliphatic heterocycles. The van der Waals surface area contributed by atoms with Gasteiger partial charge < -0.3 is 24.9 Å². The van der Waals surface area contributed by atoms with Crippen LogP contribution in [-0.2, 0) is 38.6 Å². The van der Waals surface area contributed by atoms with Gasteiger partial charge in [0.15, 0.2) is 0 Å². The van der Waals surface area contributed by atoms with Crippen LogP contribution in [0.5, 0.6) is 0 Å². The van der Waals surface area contributed by atoms with E-state index in [4.69, 9.17) is 29.0 Å². The largest absolute Gasteiger partial charge is 0.354 e. The maximum atomic E-state index is 12.4. The lowest BCUT2D eigenvalue weighted by Crippen LogP contribution is -2.59. The van der Waals surface area contributed by atoms with Gasteiger partial charge in [-0.15, -0.1) is 0 Å². The van der Waals surface area contributed by atoms with E-state index in [0.29, 0.717) is 60.7 Å². The number of carbonyl (C=O) groups excluding carboxylic acids is 2. The zero-order valence-electron chi connectivity index (χ0n) is 32.4. The first-order chi connectivity index (χ1) is 24.9. The zero-order valence-corrected chi connectivity index (χ0v) is 32.4. The molecule has 12 fully saturated rings. The molecule has 0 atom stereocenters. The van der Waals surface area contributed by atoms with Crippen LogP contribution in [0, 0.1) is 59.2 Å². The minimum Gasteiger partial charge on any atom is -0.354 e. The van der Waals surface area contributed by atoms with Crippen molar-refractivity contribution in [3.8, 4) is 0 Å². The molecule has 0 aromatic heterocycles. The quantitative estimate of drug-likeness (QED) is 0.258. The Morgan fingerprint density at radius 3 is 1.35 bits per heavy atom. The maximum absolute atomic E-state index is 12.4. The lowest BCUT2D eigenvalue weighted by atomic mass is 9.53. The maximum Gasteiger partial charge on any atom is 0.220 e. The Kier molecular flexibility index (Phi) is 9.48. The normalized spacial score (nSPS) is 49.6. The highest BCUT2D eigenvalue weighted by Crippen LogP contribution is 2.65. The summed E-state index contributed by atoms with van der Waals surface area (Å²) in [5, 5.41) is 6.30. The molecule has 2 saturated heterocycles. The van der Waals surface area contributed by atoms with Gasteiger partial charge in [0, 0.05) is 74.3 Å². The summed E-state index contributed by atoms with van der Waals surface area (Å²) >= 11 is 0. The van der Waals surface area contributed by atoms with Crippen molar-refractivity contribution < 1.29 is 38.6 Å². The first kappa shape index (κ1) is 36.5. The molecule has 10 nitrogen and oxygen atoms in total. The van der Waals surface area contributed by atoms with E-state index in [-0.39, 0.29) is 11.4 Å². The molecule has 8 bridgehead atoms. The molecule has 10 saturated carbocycles. The van der Waals surface area contributed by atoms with Crippen LogP contribution >= 0.6 is 0 Å². The summed E-state index contributed by atoms with van der Waals surface area (Å²) in [4.78, 5) is 47.8. The number of hydrogen-bond donors (Lipinski definition) is 2. The van der Waals surface area contributed by atoms with Gasteiger partial charge in [-0.2, -0.15) is 19.6 Å². The van der Waals surface area contributed by atoms with Gasteiger partial charge in [-0.1, -0.05) is 0 Å². The zero-order chi connectivity index (χ0) is 35.9. The van der Waals surface area contributed by atoms with E-state index in [1.165, 1.54) is 64.2 Å². The molecule has 2 N–H and O–H groups in total. The van der Waals surface area contributed by atoms with Crippen LogP contribution in [0.3, 0.4) is 0 Å². The van der Waals surface area contributed by atoms with Crippen molar-refractivity contribution in [2.24, 2.45) is 59.2 Å². The van der Waals surface area contributed by atoms with Crippen LogP contribution in [-0.4, -0.2) is 54.0 Å². The van der Waals surface area contributed by atoms with E-state index in [0.717, 1.165) is 75.0 Å². The fourth-order valence-corrected chi connectivity index (χ4v) is 13.4. The van der Waals surface area contributed by atoms with Gasteiger partial charge in [-0.25, -0.2) is 0 Å². The summed E-state index contributed by atoms with van der Waals surface area (Å²) in [6.07, 6.45) is 21.6. The Bertz CT molecular complexity index is 1290. The van der Waals surface area contributed by atoms with E-state index < -0.39 is 23.1 Å². The van der Waals surface area contributed by atoms with Crippen molar-refractivity contribution in [1.29, 1.82) is 0 Å². The summed E-state index contributed by atoms with van der Waals surface area (Å²) in [7, 11) is 1.92. The van der Waals surface area contributed by atoms with Gasteiger partial charge in [0.25, 0.3) is 0 Å². The van der Waals surface area contributed by atoms with Crippen LogP contribution in [0.1, 0.15) is 149 Å². The number of hydrogen-bond acceptors (Lipinski definition) is 9. The molecule has 4 spiro atoms. The molecule has 10 aliphatic carbocycles. The fraction of sp³-hybridized carbons (Fsp3) is 0.952. The van der Waals surface area contributed by atoms with Crippen molar-refractivity contribution in [2.45, 2.75) is 178 Å². The molecule has 2 heterocycles. The Morgan fingerprint density at radius 2 is 0.981 bits per heavy atom. The fourth-order valence-electron chi connectivity index (χ4n) is 13.4. The number of amides is 1. The SMILES string of the molecule is CC(=O)CC1CCC2(CC1)OOC1(O2)C2CC3CC(C2)CC1C3.CNC(C)(C)CNC(=O)CC1CCC2(CC1)OOC1(O2)C2CC3CC(C2)CC1C3. The number of likely N-dealkylation sites (N-methyl/N-ethyl adjacent to an activating group) is 1. The Hall–Kier alpha value is -1.14. The van der Waals surface area contributed by atoms with Gasteiger partial charge in [-0.3, -0.25) is 4.79 Å². The van der Waals surface area contributed by atoms with Crippen LogP contribution in [0.25, 0.3) is 0 Å². The number of ether oxygens (including phenoxy) is 2. The topological polar surface area (TPSA) is 114 Å². The second-order valence-electron chi connectivity index (χ2n) is 20.3. The monoisotopic (exact) mass is 726 g/mol. The standard InChI is InChI=1S/C23H38N2O4.C19H28O4/c1-21(2,24-3)14-25-20(26)13-15-4-6-22(7-5-15)27-23(29-28-22)18-9-16-8-17(11-18)12-19(23)10-16;1-12(20)6-13-2-4-18(5-3-13)21-19(23-22-18)16-8-14-7-15(10-16)11-17(19)9-14/h15-19,24H,4-14H2,1-3H3,(H,25,26);13-17H,2-11H2,1H3. The number of rotatable bonds is 7. The molecule has 0 unspecified atom stereocenters. The first-order valence-electron chi connectivity index (χ1n) is 21.5. The molecular formula is C42H66N2O8. The van der Waals surface area contributed by atoms with Crippen molar-refractivity contribution in [3.63, 3.8) is 0 Å². The second kappa shape index (κ2) is 13.5. The number of carbonyl (C=O) groups is 2. The highest BCUT2D eigenvalue weighted by Gasteiger charge is 2.68. The average Bonchev–Trinajstić information content (AvgIpc) is 3.68. The molecule has 0 aromatic carbocycles. The summed E-state index contributed by atoms with van der Waals surface area (Å²) in [5.41, 5.74) is -0.0812. The Morgan fingerprint density at radius 1 is 0.596 bits per heavy atom. The third kappa shape index (κ3) is 6.64. The van der Waals surface area contributed by atoms with E-state index >= 15 is 0 Å². The van der Waals surface area contributed by atoms with Crippen LogP contribution in [0.2, 0.25) is 0 Å². The smallest absolute Gasteiger partial charge is 0.220 e. The van der Waals surface area contributed by atoms with Crippen molar-refractivity contribution in [2.75, 3.05) is 13.6 Å². The number of Topliss-reactive ketones (excluding diaryl/α,β-unsaturated/α-hetero) is 1. The lowest BCUT2D eigenvalue weighted by Gasteiger charge is -2.57. The summed E-state index contributed by atoms with van der Waals surface area (Å²) in [6, 6.07) is 0. The summed E-state index contributed by atoms with van der Waals surface area (Å²) in [5.74, 6) is 5.00. The number of ketones is 1. The summed E-state index contributed by atoms with van der Waals surface area (Å²) < 4.78 is 13.4. The summed E-state index contributed by atoms with van der Waals surface area (Å²) in [6.45, 7) is 6.52. The highest BCUT2D eigenvalue weighted by atomic mass is 17.3. The Balaban J connectivity index is 0.000000142. The van der Waals surface area contributed by atoms with Gasteiger partial charge in [0.2, 0.25) is 29.1 Å². The van der Waals surface area contributed by atoms with Crippen LogP contribution in [0.4, 0.5) is 0 Å². The van der Waals surface area contributed by atoms with E-state index in [2.05, 4.69) is 24.5 Å². The molecule has 12 rings (SSSR count). The third-order valence-corrected chi connectivity index (χ3v) is 16.1.